The molecule has 1 aliphatic heterocycles. The van der Waals surface area contributed by atoms with Crippen molar-refractivity contribution >= 4 is 0 Å². The molecule has 0 bridgehead atoms. The van der Waals surface area contributed by atoms with Gasteiger partial charge in [-0.2, -0.15) is 0 Å². The van der Waals surface area contributed by atoms with E-state index < -0.39 is 31.0 Å². The summed E-state index contributed by atoms with van der Waals surface area (Å²) in [5.74, 6) is 0. The van der Waals surface area contributed by atoms with E-state index in [1.807, 2.05) is 0 Å². The van der Waals surface area contributed by atoms with Gasteiger partial charge in [-0.05, 0) is 25.7 Å². The van der Waals surface area contributed by atoms with E-state index in [1.54, 1.807) is 0 Å². The van der Waals surface area contributed by atoms with Crippen molar-refractivity contribution in [3.8, 4) is 0 Å². The Balaban J connectivity index is 1.81. The third-order valence-electron chi connectivity index (χ3n) is 6.22. The minimum Gasteiger partial charge on any atom is -0.394 e. The van der Waals surface area contributed by atoms with Gasteiger partial charge in [-0.25, -0.2) is 0 Å². The molecule has 4 atom stereocenters. The summed E-state index contributed by atoms with van der Waals surface area (Å²) in [5.41, 5.74) is 0. The zero-order chi connectivity index (χ0) is 22.6. The monoisotopic (exact) mass is 442 g/mol. The number of hydrogen-bond acceptors (Lipinski definition) is 5. The fraction of sp³-hybridized carbons (Fsp3) is 0.923. The van der Waals surface area contributed by atoms with Crippen molar-refractivity contribution in [2.45, 2.75) is 134 Å². The number of unbranched alkanes of at least 4 members (excludes halogenated alkanes) is 14. The third kappa shape index (κ3) is 14.3. The summed E-state index contributed by atoms with van der Waals surface area (Å²) in [6, 6.07) is 0. The van der Waals surface area contributed by atoms with E-state index >= 15 is 0 Å². The average Bonchev–Trinajstić information content (AvgIpc) is 3.15. The Labute approximate surface area is 191 Å². The van der Waals surface area contributed by atoms with Gasteiger partial charge in [0.25, 0.3) is 0 Å². The first-order valence-corrected chi connectivity index (χ1v) is 13.1. The van der Waals surface area contributed by atoms with Crippen LogP contribution in [0.15, 0.2) is 12.2 Å². The highest BCUT2D eigenvalue weighted by molar-refractivity contribution is 4.89. The first-order chi connectivity index (χ1) is 15.2. The zero-order valence-corrected chi connectivity index (χ0v) is 20.1. The smallest absolute Gasteiger partial charge is 0.114 e. The molecule has 1 aliphatic rings. The van der Waals surface area contributed by atoms with Crippen LogP contribution in [0, 0.1) is 0 Å². The Morgan fingerprint density at radius 1 is 0.839 bits per heavy atom. The Morgan fingerprint density at radius 3 is 1.90 bits per heavy atom. The molecule has 1 heterocycles. The van der Waals surface area contributed by atoms with Crippen LogP contribution in [0.4, 0.5) is 0 Å². The standard InChI is InChI=1S/C26H50O5/c1-2-3-4-5-6-7-8-9-10-11-12-13-14-15-16-17-18-19-20-30-24-22-31-26(25(24)29)23(28)21-27/h16-17,23-29H,2-15,18-22H2,1H3/b17-16+/t23-,24+,25+,26+/m1/s1. The first kappa shape index (κ1) is 28.6. The molecule has 0 amide bonds. The molecular formula is C26H50O5. The Bertz CT molecular complexity index is 415. The van der Waals surface area contributed by atoms with Crippen LogP contribution >= 0.6 is 0 Å². The van der Waals surface area contributed by atoms with Crippen molar-refractivity contribution in [1.29, 1.82) is 0 Å². The second-order valence-electron chi connectivity index (χ2n) is 9.09. The number of ether oxygens (including phenoxy) is 2. The number of aliphatic hydroxyl groups excluding tert-OH is 3. The quantitative estimate of drug-likeness (QED) is 0.166. The molecule has 1 rings (SSSR count). The molecule has 184 valence electrons. The maximum atomic E-state index is 10.1. The van der Waals surface area contributed by atoms with Gasteiger partial charge >= 0.3 is 0 Å². The predicted octanol–water partition coefficient (Wildman–Crippen LogP) is 5.30. The van der Waals surface area contributed by atoms with Crippen molar-refractivity contribution in [2.24, 2.45) is 0 Å². The van der Waals surface area contributed by atoms with Crippen molar-refractivity contribution in [3.63, 3.8) is 0 Å². The molecule has 3 N–H and O–H groups in total. The Morgan fingerprint density at radius 2 is 1.35 bits per heavy atom. The summed E-state index contributed by atoms with van der Waals surface area (Å²) in [5, 5.41) is 28.6. The molecule has 0 unspecified atom stereocenters. The van der Waals surface area contributed by atoms with Crippen LogP contribution in [0.25, 0.3) is 0 Å². The topological polar surface area (TPSA) is 79.2 Å². The molecule has 5 heteroatoms. The van der Waals surface area contributed by atoms with E-state index in [0.29, 0.717) is 6.61 Å². The summed E-state index contributed by atoms with van der Waals surface area (Å²) >= 11 is 0. The van der Waals surface area contributed by atoms with E-state index in [4.69, 9.17) is 14.6 Å². The van der Waals surface area contributed by atoms with E-state index in [9.17, 15) is 10.2 Å². The van der Waals surface area contributed by atoms with E-state index in [-0.39, 0.29) is 6.61 Å². The lowest BCUT2D eigenvalue weighted by Crippen LogP contribution is -2.41. The SMILES string of the molecule is CCCCCCCCCCCCCCC/C=C/CCCO[C@H]1CO[C@@H]([C@H](O)CO)[C@H]1O. The summed E-state index contributed by atoms with van der Waals surface area (Å²) in [4.78, 5) is 0. The van der Waals surface area contributed by atoms with Crippen LogP contribution < -0.4 is 0 Å². The van der Waals surface area contributed by atoms with Crippen LogP contribution in [-0.4, -0.2) is 59.6 Å². The van der Waals surface area contributed by atoms with Gasteiger partial charge in [0, 0.05) is 6.61 Å². The predicted molar refractivity (Wildman–Crippen MR) is 127 cm³/mol. The molecule has 0 spiro atoms. The maximum absolute atomic E-state index is 10.1. The molecule has 0 radical (unpaired) electrons. The number of allylic oxidation sites excluding steroid dienone is 2. The molecule has 0 aromatic rings. The van der Waals surface area contributed by atoms with E-state index in [0.717, 1.165) is 19.3 Å². The van der Waals surface area contributed by atoms with E-state index in [1.165, 1.54) is 83.5 Å². The summed E-state index contributed by atoms with van der Waals surface area (Å²) in [7, 11) is 0. The minimum absolute atomic E-state index is 0.262. The zero-order valence-electron chi connectivity index (χ0n) is 20.1. The highest BCUT2D eigenvalue weighted by Gasteiger charge is 2.40. The minimum atomic E-state index is -1.06. The maximum Gasteiger partial charge on any atom is 0.114 e. The van der Waals surface area contributed by atoms with E-state index in [2.05, 4.69) is 19.1 Å². The van der Waals surface area contributed by atoms with Gasteiger partial charge in [-0.15, -0.1) is 0 Å². The van der Waals surface area contributed by atoms with Crippen molar-refractivity contribution in [1.82, 2.24) is 0 Å². The summed E-state index contributed by atoms with van der Waals surface area (Å²) < 4.78 is 11.0. The second-order valence-corrected chi connectivity index (χ2v) is 9.09. The van der Waals surface area contributed by atoms with Crippen LogP contribution in [-0.2, 0) is 9.47 Å². The van der Waals surface area contributed by atoms with Crippen molar-refractivity contribution in [3.05, 3.63) is 12.2 Å². The molecule has 1 fully saturated rings. The number of rotatable bonds is 21. The van der Waals surface area contributed by atoms with Crippen LogP contribution in [0.2, 0.25) is 0 Å². The van der Waals surface area contributed by atoms with Gasteiger partial charge in [-0.1, -0.05) is 96.1 Å². The van der Waals surface area contributed by atoms with Crippen LogP contribution in [0.3, 0.4) is 0 Å². The lowest BCUT2D eigenvalue weighted by molar-refractivity contribution is -0.0729. The fourth-order valence-electron chi connectivity index (χ4n) is 4.16. The largest absolute Gasteiger partial charge is 0.394 e. The van der Waals surface area contributed by atoms with Crippen molar-refractivity contribution < 1.29 is 24.8 Å². The molecule has 1 saturated heterocycles. The third-order valence-corrected chi connectivity index (χ3v) is 6.22. The average molecular weight is 443 g/mol. The highest BCUT2D eigenvalue weighted by atomic mass is 16.6. The van der Waals surface area contributed by atoms with Crippen molar-refractivity contribution in [2.75, 3.05) is 19.8 Å². The number of aliphatic hydroxyl groups is 3. The Hall–Kier alpha value is -0.460. The first-order valence-electron chi connectivity index (χ1n) is 13.1. The summed E-state index contributed by atoms with van der Waals surface area (Å²) in [6.07, 6.45) is 22.6. The fourth-order valence-corrected chi connectivity index (χ4v) is 4.16. The van der Waals surface area contributed by atoms with Gasteiger partial charge in [0.2, 0.25) is 0 Å². The molecule has 0 aliphatic carbocycles. The molecule has 5 nitrogen and oxygen atoms in total. The lowest BCUT2D eigenvalue weighted by atomic mass is 10.0. The van der Waals surface area contributed by atoms with Gasteiger partial charge in [0.15, 0.2) is 0 Å². The van der Waals surface area contributed by atoms with Crippen LogP contribution in [0.1, 0.15) is 110 Å². The number of hydrogen-bond donors (Lipinski definition) is 3. The highest BCUT2D eigenvalue weighted by Crippen LogP contribution is 2.20. The second kappa shape index (κ2) is 20.2. The van der Waals surface area contributed by atoms with Gasteiger partial charge in [0.1, 0.15) is 24.4 Å². The summed E-state index contributed by atoms with van der Waals surface area (Å²) in [6.45, 7) is 2.69. The molecule has 0 saturated carbocycles. The molecule has 0 aromatic heterocycles. The molecule has 0 aromatic carbocycles. The molecular weight excluding hydrogens is 392 g/mol. The van der Waals surface area contributed by atoms with Gasteiger partial charge < -0.3 is 24.8 Å². The van der Waals surface area contributed by atoms with Crippen LogP contribution in [0.5, 0.6) is 0 Å². The molecule has 31 heavy (non-hydrogen) atoms. The van der Waals surface area contributed by atoms with Gasteiger partial charge in [-0.3, -0.25) is 0 Å². The Kier molecular flexibility index (Phi) is 18.6. The normalized spacial score (nSPS) is 22.5. The lowest BCUT2D eigenvalue weighted by Gasteiger charge is -2.20. The van der Waals surface area contributed by atoms with Gasteiger partial charge in [0.05, 0.1) is 13.2 Å².